The Morgan fingerprint density at radius 2 is 1.88 bits per heavy atom. The van der Waals surface area contributed by atoms with E-state index in [0.29, 0.717) is 26.0 Å². The van der Waals surface area contributed by atoms with Crippen LogP contribution < -0.4 is 5.32 Å². The third-order valence-electron chi connectivity index (χ3n) is 1.86. The first-order chi connectivity index (χ1) is 8.20. The van der Waals surface area contributed by atoms with Crippen LogP contribution in [0.15, 0.2) is 34.7 Å². The number of rotatable bonds is 3. The van der Waals surface area contributed by atoms with Crippen LogP contribution in [0.5, 0.6) is 0 Å². The molecule has 7 heteroatoms. The van der Waals surface area contributed by atoms with Crippen molar-refractivity contribution in [3.63, 3.8) is 0 Å². The Labute approximate surface area is 113 Å². The van der Waals surface area contributed by atoms with Crippen molar-refractivity contribution in [1.82, 2.24) is 15.0 Å². The third kappa shape index (κ3) is 3.00. The summed E-state index contributed by atoms with van der Waals surface area (Å²) >= 11 is 13.3. The molecule has 2 aromatic heterocycles. The fraction of sp³-hybridized carbons (Fsp3) is 0.100. The maximum atomic E-state index is 6.06. The summed E-state index contributed by atoms with van der Waals surface area (Å²) in [6.07, 6.45) is 3.33. The van der Waals surface area contributed by atoms with Crippen LogP contribution in [0.25, 0.3) is 0 Å². The van der Waals surface area contributed by atoms with Gasteiger partial charge in [0.25, 0.3) is 0 Å². The first-order valence-electron chi connectivity index (χ1n) is 4.69. The second-order valence-electron chi connectivity index (χ2n) is 2.99. The molecule has 4 nitrogen and oxygen atoms in total. The Hall–Kier alpha value is -1.04. The molecular formula is C10H8Cl2N4S. The highest BCUT2D eigenvalue weighted by Crippen LogP contribution is 2.33. The highest BCUT2D eigenvalue weighted by Gasteiger charge is 2.10. The van der Waals surface area contributed by atoms with Gasteiger partial charge in [0.15, 0.2) is 5.16 Å². The van der Waals surface area contributed by atoms with Crippen LogP contribution in [0.1, 0.15) is 0 Å². The van der Waals surface area contributed by atoms with Crippen molar-refractivity contribution in [3.8, 4) is 0 Å². The Bertz CT molecular complexity index is 521. The minimum Gasteiger partial charge on any atom is -0.372 e. The van der Waals surface area contributed by atoms with E-state index in [1.165, 1.54) is 11.8 Å². The van der Waals surface area contributed by atoms with Crippen LogP contribution in [-0.2, 0) is 0 Å². The molecule has 0 aliphatic carbocycles. The van der Waals surface area contributed by atoms with Gasteiger partial charge in [0.05, 0.1) is 10.0 Å². The Morgan fingerprint density at radius 3 is 2.53 bits per heavy atom. The number of nitrogens with one attached hydrogen (secondary N) is 1. The molecule has 88 valence electrons. The minimum absolute atomic E-state index is 0.478. The van der Waals surface area contributed by atoms with Gasteiger partial charge in [-0.15, -0.1) is 0 Å². The molecule has 2 rings (SSSR count). The Morgan fingerprint density at radius 1 is 1.18 bits per heavy atom. The molecule has 17 heavy (non-hydrogen) atoms. The van der Waals surface area contributed by atoms with Crippen LogP contribution in [0.2, 0.25) is 10.0 Å². The average molecular weight is 287 g/mol. The summed E-state index contributed by atoms with van der Waals surface area (Å²) in [5.74, 6) is 0.578. The van der Waals surface area contributed by atoms with Crippen molar-refractivity contribution in [3.05, 3.63) is 34.6 Å². The van der Waals surface area contributed by atoms with E-state index in [9.17, 15) is 0 Å². The molecule has 0 aromatic carbocycles. The van der Waals surface area contributed by atoms with Gasteiger partial charge in [-0.3, -0.25) is 0 Å². The molecule has 2 aromatic rings. The quantitative estimate of drug-likeness (QED) is 0.877. The Balaban J connectivity index is 2.33. The molecule has 0 radical (unpaired) electrons. The molecular weight excluding hydrogens is 279 g/mol. The van der Waals surface area contributed by atoms with Crippen LogP contribution in [-0.4, -0.2) is 22.0 Å². The van der Waals surface area contributed by atoms with Crippen LogP contribution >= 0.6 is 35.0 Å². The lowest BCUT2D eigenvalue weighted by molar-refractivity contribution is 0.960. The fourth-order valence-corrected chi connectivity index (χ4v) is 2.38. The van der Waals surface area contributed by atoms with Crippen LogP contribution in [0.4, 0.5) is 5.82 Å². The zero-order chi connectivity index (χ0) is 12.3. The predicted molar refractivity (Wildman–Crippen MR) is 70.0 cm³/mol. The van der Waals surface area contributed by atoms with Gasteiger partial charge in [-0.2, -0.15) is 0 Å². The zero-order valence-electron chi connectivity index (χ0n) is 8.82. The molecule has 0 bridgehead atoms. The van der Waals surface area contributed by atoms with Gasteiger partial charge in [-0.1, -0.05) is 23.2 Å². The van der Waals surface area contributed by atoms with Crippen LogP contribution in [0.3, 0.4) is 0 Å². The van der Waals surface area contributed by atoms with E-state index < -0.39 is 0 Å². The summed E-state index contributed by atoms with van der Waals surface area (Å²) in [6.45, 7) is 0. The van der Waals surface area contributed by atoms with E-state index in [-0.39, 0.29) is 0 Å². The zero-order valence-corrected chi connectivity index (χ0v) is 11.1. The van der Waals surface area contributed by atoms with Gasteiger partial charge < -0.3 is 5.32 Å². The summed E-state index contributed by atoms with van der Waals surface area (Å²) < 4.78 is 0. The van der Waals surface area contributed by atoms with E-state index >= 15 is 0 Å². The molecule has 0 amide bonds. The van der Waals surface area contributed by atoms with E-state index in [4.69, 9.17) is 23.2 Å². The monoisotopic (exact) mass is 286 g/mol. The summed E-state index contributed by atoms with van der Waals surface area (Å²) in [6, 6.07) is 3.40. The van der Waals surface area contributed by atoms with Gasteiger partial charge in [-0.25, -0.2) is 15.0 Å². The maximum absolute atomic E-state index is 6.06. The molecule has 0 spiro atoms. The molecule has 0 fully saturated rings. The molecule has 0 aliphatic heterocycles. The number of nitrogens with zero attached hydrogens (tertiary/aromatic N) is 3. The predicted octanol–water partition coefficient (Wildman–Crippen LogP) is 3.37. The van der Waals surface area contributed by atoms with Crippen molar-refractivity contribution in [1.29, 1.82) is 0 Å². The van der Waals surface area contributed by atoms with Gasteiger partial charge in [0.1, 0.15) is 10.8 Å². The van der Waals surface area contributed by atoms with Gasteiger partial charge in [-0.05, 0) is 23.9 Å². The van der Waals surface area contributed by atoms with Gasteiger partial charge >= 0.3 is 0 Å². The summed E-state index contributed by atoms with van der Waals surface area (Å²) in [5.41, 5.74) is 0. The normalized spacial score (nSPS) is 10.3. The number of hydrogen-bond acceptors (Lipinski definition) is 5. The van der Waals surface area contributed by atoms with E-state index in [2.05, 4.69) is 20.3 Å². The highest BCUT2D eigenvalue weighted by atomic mass is 35.5. The highest BCUT2D eigenvalue weighted by molar-refractivity contribution is 7.99. The number of aromatic nitrogens is 3. The van der Waals surface area contributed by atoms with E-state index in [1.54, 1.807) is 31.6 Å². The van der Waals surface area contributed by atoms with E-state index in [0.717, 1.165) is 0 Å². The lowest BCUT2D eigenvalue weighted by Crippen LogP contribution is -1.95. The number of pyridine rings is 1. The largest absolute Gasteiger partial charge is 0.372 e. The van der Waals surface area contributed by atoms with E-state index in [1.807, 2.05) is 0 Å². The molecule has 0 unspecified atom stereocenters. The van der Waals surface area contributed by atoms with Gasteiger partial charge in [0, 0.05) is 19.4 Å². The molecule has 1 N–H and O–H groups in total. The number of anilines is 1. The topological polar surface area (TPSA) is 50.7 Å². The molecule has 0 aliphatic rings. The first kappa shape index (κ1) is 12.4. The third-order valence-corrected chi connectivity index (χ3v) is 3.45. The lowest BCUT2D eigenvalue weighted by atomic mass is 10.4. The summed E-state index contributed by atoms with van der Waals surface area (Å²) in [5, 5.41) is 5.06. The molecule has 0 saturated heterocycles. The molecule has 2 heterocycles. The summed E-state index contributed by atoms with van der Waals surface area (Å²) in [4.78, 5) is 12.5. The Kier molecular flexibility index (Phi) is 4.04. The van der Waals surface area contributed by atoms with Crippen molar-refractivity contribution in [2.24, 2.45) is 0 Å². The molecule has 0 saturated carbocycles. The maximum Gasteiger partial charge on any atom is 0.193 e. The average Bonchev–Trinajstić information content (AvgIpc) is 2.34. The van der Waals surface area contributed by atoms with Crippen molar-refractivity contribution in [2.45, 2.75) is 10.2 Å². The lowest BCUT2D eigenvalue weighted by Gasteiger charge is -2.07. The standard InChI is InChI=1S/C10H8Cl2N4S/c1-13-8-6(11)5-7(12)9(16-8)17-10-14-3-2-4-15-10/h2-5H,1H3,(H,13,16). The second kappa shape index (κ2) is 5.53. The SMILES string of the molecule is CNc1nc(Sc2ncccn2)c(Cl)cc1Cl. The first-order valence-corrected chi connectivity index (χ1v) is 6.26. The van der Waals surface area contributed by atoms with Crippen molar-refractivity contribution >= 4 is 40.8 Å². The number of halogens is 2. The second-order valence-corrected chi connectivity index (χ2v) is 4.76. The minimum atomic E-state index is 0.478. The van der Waals surface area contributed by atoms with Crippen molar-refractivity contribution in [2.75, 3.05) is 12.4 Å². The molecule has 0 atom stereocenters. The number of hydrogen-bond donors (Lipinski definition) is 1. The summed E-state index contributed by atoms with van der Waals surface area (Å²) in [7, 11) is 1.75. The smallest absolute Gasteiger partial charge is 0.193 e. The van der Waals surface area contributed by atoms with Gasteiger partial charge in [0.2, 0.25) is 0 Å². The fourth-order valence-electron chi connectivity index (χ4n) is 1.12. The van der Waals surface area contributed by atoms with Crippen LogP contribution in [0, 0.1) is 0 Å². The van der Waals surface area contributed by atoms with Crippen molar-refractivity contribution < 1.29 is 0 Å².